The van der Waals surface area contributed by atoms with E-state index in [1.807, 2.05) is 6.92 Å². The van der Waals surface area contributed by atoms with E-state index in [-0.39, 0.29) is 22.4 Å². The highest BCUT2D eigenvalue weighted by Gasteiger charge is 2.33. The summed E-state index contributed by atoms with van der Waals surface area (Å²) in [5.41, 5.74) is 0. The Hall–Kier alpha value is -1.34. The molecule has 5 nitrogen and oxygen atoms in total. The maximum absolute atomic E-state index is 14.2. The molecule has 7 heteroatoms. The topological polar surface area (TPSA) is 55.8 Å². The van der Waals surface area contributed by atoms with Gasteiger partial charge in [0.15, 0.2) is 11.5 Å². The molecule has 0 radical (unpaired) electrons. The minimum absolute atomic E-state index is 0.128. The average Bonchev–Trinajstić information content (AvgIpc) is 2.46. The first-order valence-corrected chi connectivity index (χ1v) is 8.29. The fraction of sp³-hybridized carbons (Fsp3) is 0.571. The van der Waals surface area contributed by atoms with Crippen molar-refractivity contribution in [3.05, 3.63) is 17.9 Å². The number of piperidine rings is 1. The maximum atomic E-state index is 14.2. The van der Waals surface area contributed by atoms with Gasteiger partial charge in [0.05, 0.1) is 14.2 Å². The first-order chi connectivity index (χ1) is 9.91. The van der Waals surface area contributed by atoms with Crippen LogP contribution < -0.4 is 9.47 Å². The Morgan fingerprint density at radius 3 is 2.38 bits per heavy atom. The van der Waals surface area contributed by atoms with Crippen molar-refractivity contribution in [3.8, 4) is 11.5 Å². The SMILES string of the molecule is COc1cc(F)c(S(=O)(=O)N2CCCC[C@@H]2C)cc1OC. The van der Waals surface area contributed by atoms with Crippen LogP contribution >= 0.6 is 0 Å². The number of sulfonamides is 1. The molecule has 0 aliphatic carbocycles. The molecule has 118 valence electrons. The van der Waals surface area contributed by atoms with Gasteiger partial charge < -0.3 is 9.47 Å². The average molecular weight is 317 g/mol. The number of hydrogen-bond donors (Lipinski definition) is 0. The van der Waals surface area contributed by atoms with Gasteiger partial charge in [-0.15, -0.1) is 0 Å². The van der Waals surface area contributed by atoms with E-state index in [0.29, 0.717) is 6.54 Å². The Morgan fingerprint density at radius 1 is 1.19 bits per heavy atom. The van der Waals surface area contributed by atoms with Crippen molar-refractivity contribution in [3.63, 3.8) is 0 Å². The molecule has 0 N–H and O–H groups in total. The zero-order valence-electron chi connectivity index (χ0n) is 12.4. The number of nitrogens with zero attached hydrogens (tertiary/aromatic N) is 1. The van der Waals surface area contributed by atoms with E-state index in [9.17, 15) is 12.8 Å². The smallest absolute Gasteiger partial charge is 0.246 e. The summed E-state index contributed by atoms with van der Waals surface area (Å²) >= 11 is 0. The minimum atomic E-state index is -3.88. The van der Waals surface area contributed by atoms with E-state index in [1.165, 1.54) is 24.6 Å². The van der Waals surface area contributed by atoms with Crippen LogP contribution in [-0.2, 0) is 10.0 Å². The van der Waals surface area contributed by atoms with Gasteiger partial charge in [0, 0.05) is 24.7 Å². The van der Waals surface area contributed by atoms with Crippen LogP contribution in [0.3, 0.4) is 0 Å². The molecular formula is C14H20FNO4S. The van der Waals surface area contributed by atoms with Gasteiger partial charge in [-0.05, 0) is 19.8 Å². The second-order valence-corrected chi connectivity index (χ2v) is 6.96. The Kier molecular flexibility index (Phi) is 4.73. The number of hydrogen-bond acceptors (Lipinski definition) is 4. The molecule has 1 aliphatic heterocycles. The Labute approximate surface area is 124 Å². The number of halogens is 1. The predicted molar refractivity (Wildman–Crippen MR) is 76.7 cm³/mol. The second-order valence-electron chi connectivity index (χ2n) is 5.10. The normalized spacial score (nSPS) is 20.3. The van der Waals surface area contributed by atoms with Crippen LogP contribution in [0.5, 0.6) is 11.5 Å². The summed E-state index contributed by atoms with van der Waals surface area (Å²) in [7, 11) is -1.12. The largest absolute Gasteiger partial charge is 0.493 e. The standard InChI is InChI=1S/C14H20FNO4S/c1-10-6-4-5-7-16(10)21(17,18)14-9-13(20-3)12(19-2)8-11(14)15/h8-10H,4-7H2,1-3H3/t10-/m0/s1. The van der Waals surface area contributed by atoms with E-state index < -0.39 is 15.8 Å². The maximum Gasteiger partial charge on any atom is 0.246 e. The molecule has 0 unspecified atom stereocenters. The molecule has 0 amide bonds. The lowest BCUT2D eigenvalue weighted by atomic mass is 10.1. The van der Waals surface area contributed by atoms with Crippen molar-refractivity contribution >= 4 is 10.0 Å². The molecule has 0 saturated carbocycles. The Morgan fingerprint density at radius 2 is 1.81 bits per heavy atom. The second kappa shape index (κ2) is 6.19. The lowest BCUT2D eigenvalue weighted by molar-refractivity contribution is 0.267. The van der Waals surface area contributed by atoms with Crippen LogP contribution in [-0.4, -0.2) is 39.5 Å². The van der Waals surface area contributed by atoms with Crippen LogP contribution in [0, 0.1) is 5.82 Å². The van der Waals surface area contributed by atoms with Gasteiger partial charge in [0.25, 0.3) is 0 Å². The van der Waals surface area contributed by atoms with Crippen molar-refractivity contribution in [2.45, 2.75) is 37.1 Å². The molecule has 1 aromatic carbocycles. The summed E-state index contributed by atoms with van der Waals surface area (Å²) in [5.74, 6) is -0.465. The molecule has 1 fully saturated rings. The van der Waals surface area contributed by atoms with Crippen molar-refractivity contribution in [2.75, 3.05) is 20.8 Å². The van der Waals surface area contributed by atoms with E-state index in [4.69, 9.17) is 9.47 Å². The van der Waals surface area contributed by atoms with Crippen molar-refractivity contribution in [1.29, 1.82) is 0 Å². The molecule has 1 saturated heterocycles. The molecule has 2 rings (SSSR count). The molecule has 0 spiro atoms. The van der Waals surface area contributed by atoms with Gasteiger partial charge in [-0.1, -0.05) is 6.42 Å². The van der Waals surface area contributed by atoms with Crippen LogP contribution in [0.2, 0.25) is 0 Å². The van der Waals surface area contributed by atoms with Crippen molar-refractivity contribution in [1.82, 2.24) is 4.31 Å². The lowest BCUT2D eigenvalue weighted by Gasteiger charge is -2.32. The van der Waals surface area contributed by atoms with Crippen LogP contribution in [0.4, 0.5) is 4.39 Å². The monoisotopic (exact) mass is 317 g/mol. The molecule has 0 aromatic heterocycles. The highest BCUT2D eigenvalue weighted by Crippen LogP contribution is 2.34. The molecular weight excluding hydrogens is 297 g/mol. The van der Waals surface area contributed by atoms with Crippen LogP contribution in [0.15, 0.2) is 17.0 Å². The van der Waals surface area contributed by atoms with E-state index >= 15 is 0 Å². The zero-order chi connectivity index (χ0) is 15.6. The van der Waals surface area contributed by atoms with Gasteiger partial charge in [0.2, 0.25) is 10.0 Å². The van der Waals surface area contributed by atoms with E-state index in [1.54, 1.807) is 0 Å². The van der Waals surface area contributed by atoms with Gasteiger partial charge >= 0.3 is 0 Å². The summed E-state index contributed by atoms with van der Waals surface area (Å²) in [4.78, 5) is -0.367. The Bertz CT molecular complexity index is 618. The molecule has 21 heavy (non-hydrogen) atoms. The molecule has 1 aromatic rings. The molecule has 1 heterocycles. The summed E-state index contributed by atoms with van der Waals surface area (Å²) in [6.45, 7) is 2.26. The lowest BCUT2D eigenvalue weighted by Crippen LogP contribution is -2.42. The zero-order valence-corrected chi connectivity index (χ0v) is 13.2. The van der Waals surface area contributed by atoms with Gasteiger partial charge in [-0.2, -0.15) is 4.31 Å². The predicted octanol–water partition coefficient (Wildman–Crippen LogP) is 2.41. The molecule has 1 aliphatic rings. The number of benzene rings is 1. The van der Waals surface area contributed by atoms with Gasteiger partial charge in [0.1, 0.15) is 10.7 Å². The van der Waals surface area contributed by atoms with Gasteiger partial charge in [-0.3, -0.25) is 0 Å². The third kappa shape index (κ3) is 2.98. The van der Waals surface area contributed by atoms with Gasteiger partial charge in [-0.25, -0.2) is 12.8 Å². The minimum Gasteiger partial charge on any atom is -0.493 e. The fourth-order valence-electron chi connectivity index (χ4n) is 2.59. The summed E-state index contributed by atoms with van der Waals surface area (Å²) in [6.07, 6.45) is 2.56. The van der Waals surface area contributed by atoms with Crippen LogP contribution in [0.1, 0.15) is 26.2 Å². The number of methoxy groups -OCH3 is 2. The van der Waals surface area contributed by atoms with Crippen molar-refractivity contribution in [2.24, 2.45) is 0 Å². The van der Waals surface area contributed by atoms with Crippen LogP contribution in [0.25, 0.3) is 0 Å². The molecule has 1 atom stereocenters. The first-order valence-electron chi connectivity index (χ1n) is 6.85. The summed E-state index contributed by atoms with van der Waals surface area (Å²) in [5, 5.41) is 0. The van der Waals surface area contributed by atoms with E-state index in [0.717, 1.165) is 25.3 Å². The molecule has 0 bridgehead atoms. The third-order valence-electron chi connectivity index (χ3n) is 3.77. The highest BCUT2D eigenvalue weighted by atomic mass is 32.2. The summed E-state index contributed by atoms with van der Waals surface area (Å²) < 4.78 is 50.9. The Balaban J connectivity index is 2.49. The number of rotatable bonds is 4. The number of ether oxygens (including phenoxy) is 2. The first kappa shape index (κ1) is 16.0. The van der Waals surface area contributed by atoms with E-state index in [2.05, 4.69) is 0 Å². The third-order valence-corrected chi connectivity index (χ3v) is 5.80. The fourth-order valence-corrected chi connectivity index (χ4v) is 4.35. The highest BCUT2D eigenvalue weighted by molar-refractivity contribution is 7.89. The van der Waals surface area contributed by atoms with Crippen molar-refractivity contribution < 1.29 is 22.3 Å². The summed E-state index contributed by atoms with van der Waals surface area (Å²) in [6, 6.07) is 2.10. The quantitative estimate of drug-likeness (QED) is 0.856.